The molecule has 6 heteroatoms. The first-order valence-corrected chi connectivity index (χ1v) is 10.1. The maximum atomic E-state index is 11.4. The quantitative estimate of drug-likeness (QED) is 0.801. The van der Waals surface area contributed by atoms with Gasteiger partial charge in [0.15, 0.2) is 5.17 Å². The Morgan fingerprint density at radius 3 is 2.26 bits per heavy atom. The molecule has 2 N–H and O–H groups in total. The van der Waals surface area contributed by atoms with Gasteiger partial charge in [0, 0.05) is 30.1 Å². The molecule has 0 spiro atoms. The van der Waals surface area contributed by atoms with Gasteiger partial charge in [0.2, 0.25) is 5.91 Å². The highest BCUT2D eigenvalue weighted by Crippen LogP contribution is 2.35. The number of nitrogens with zero attached hydrogens (tertiary/aromatic N) is 2. The lowest BCUT2D eigenvalue weighted by molar-refractivity contribution is -0.116. The van der Waals surface area contributed by atoms with Crippen LogP contribution in [0.4, 0.5) is 0 Å². The minimum absolute atomic E-state index is 0.0124. The summed E-state index contributed by atoms with van der Waals surface area (Å²) >= 11 is 1.40. The summed E-state index contributed by atoms with van der Waals surface area (Å²) in [6, 6.07) is 21.3. The van der Waals surface area contributed by atoms with Gasteiger partial charge >= 0.3 is 0 Å². The van der Waals surface area contributed by atoms with E-state index in [4.69, 9.17) is 0 Å². The third-order valence-corrected chi connectivity index (χ3v) is 5.90. The van der Waals surface area contributed by atoms with E-state index in [0.29, 0.717) is 10.9 Å². The van der Waals surface area contributed by atoms with Gasteiger partial charge in [-0.25, -0.2) is 0 Å². The standard InChI is InChI=1S/C21H22N4OS/c1-14-17(24-25-21-23-19(26)13-27-21)12-18(15-8-4-2-5-9-15)22-20(14)16-10-6-3-7-11-16/h2-11,14,18,20,22H,12-13H2,1H3,(H,23,25,26)/b24-17+. The Labute approximate surface area is 163 Å². The molecule has 2 aliphatic heterocycles. The van der Waals surface area contributed by atoms with Crippen molar-refractivity contribution in [3.8, 4) is 0 Å². The second-order valence-corrected chi connectivity index (χ2v) is 7.81. The van der Waals surface area contributed by atoms with Crippen LogP contribution in [0.2, 0.25) is 0 Å². The summed E-state index contributed by atoms with van der Waals surface area (Å²) in [5.41, 5.74) is 3.54. The van der Waals surface area contributed by atoms with Gasteiger partial charge in [0.05, 0.1) is 5.75 Å². The highest BCUT2D eigenvalue weighted by atomic mass is 32.2. The topological polar surface area (TPSA) is 65.8 Å². The van der Waals surface area contributed by atoms with Crippen LogP contribution in [0.25, 0.3) is 0 Å². The molecule has 5 nitrogen and oxygen atoms in total. The Morgan fingerprint density at radius 2 is 1.63 bits per heavy atom. The molecular formula is C21H22N4OS. The Morgan fingerprint density at radius 1 is 0.963 bits per heavy atom. The first-order chi connectivity index (χ1) is 13.2. The second-order valence-electron chi connectivity index (χ2n) is 6.84. The summed E-state index contributed by atoms with van der Waals surface area (Å²) in [4.78, 5) is 11.4. The highest BCUT2D eigenvalue weighted by Gasteiger charge is 2.33. The zero-order chi connectivity index (χ0) is 18.6. The Bertz CT molecular complexity index is 866. The lowest BCUT2D eigenvalue weighted by Gasteiger charge is -2.37. The summed E-state index contributed by atoms with van der Waals surface area (Å²) in [7, 11) is 0. The predicted octanol–water partition coefficient (Wildman–Crippen LogP) is 3.67. The van der Waals surface area contributed by atoms with Crippen LogP contribution < -0.4 is 10.6 Å². The molecule has 0 aromatic heterocycles. The van der Waals surface area contributed by atoms with E-state index < -0.39 is 0 Å². The number of hydrogen-bond donors (Lipinski definition) is 2. The van der Waals surface area contributed by atoms with E-state index in [9.17, 15) is 4.79 Å². The number of amides is 1. The van der Waals surface area contributed by atoms with Gasteiger partial charge in [-0.1, -0.05) is 79.3 Å². The molecule has 138 valence electrons. The zero-order valence-corrected chi connectivity index (χ0v) is 15.9. The van der Waals surface area contributed by atoms with Crippen LogP contribution in [0.3, 0.4) is 0 Å². The molecule has 2 aliphatic rings. The van der Waals surface area contributed by atoms with Crippen molar-refractivity contribution in [1.29, 1.82) is 0 Å². The van der Waals surface area contributed by atoms with E-state index in [0.717, 1.165) is 12.1 Å². The molecular weight excluding hydrogens is 356 g/mol. The van der Waals surface area contributed by atoms with E-state index in [2.05, 4.69) is 76.3 Å². The minimum atomic E-state index is -0.0124. The molecule has 0 radical (unpaired) electrons. The largest absolute Gasteiger partial charge is 0.303 e. The maximum absolute atomic E-state index is 11.4. The van der Waals surface area contributed by atoms with E-state index in [-0.39, 0.29) is 23.9 Å². The highest BCUT2D eigenvalue weighted by molar-refractivity contribution is 8.15. The maximum Gasteiger partial charge on any atom is 0.236 e. The molecule has 0 aliphatic carbocycles. The van der Waals surface area contributed by atoms with Crippen molar-refractivity contribution in [1.82, 2.24) is 10.6 Å². The molecule has 3 atom stereocenters. The summed E-state index contributed by atoms with van der Waals surface area (Å²) in [5.74, 6) is 0.612. The molecule has 2 heterocycles. The lowest BCUT2D eigenvalue weighted by Crippen LogP contribution is -2.41. The molecule has 2 aromatic rings. The molecule has 2 saturated heterocycles. The molecule has 0 saturated carbocycles. The van der Waals surface area contributed by atoms with Crippen molar-refractivity contribution in [2.24, 2.45) is 16.1 Å². The Balaban J connectivity index is 1.65. The molecule has 2 aromatic carbocycles. The third kappa shape index (κ3) is 4.12. The normalized spacial score (nSPS) is 28.5. The number of rotatable bonds is 3. The van der Waals surface area contributed by atoms with Gasteiger partial charge < -0.3 is 10.6 Å². The monoisotopic (exact) mass is 378 g/mol. The summed E-state index contributed by atoms with van der Waals surface area (Å²) in [5, 5.41) is 16.0. The van der Waals surface area contributed by atoms with Crippen molar-refractivity contribution in [3.63, 3.8) is 0 Å². The first-order valence-electron chi connectivity index (χ1n) is 9.13. The van der Waals surface area contributed by atoms with Crippen LogP contribution in [-0.2, 0) is 4.79 Å². The summed E-state index contributed by atoms with van der Waals surface area (Å²) in [6.45, 7) is 2.19. The van der Waals surface area contributed by atoms with Gasteiger partial charge in [-0.05, 0) is 11.1 Å². The number of nitrogens with one attached hydrogen (secondary N) is 2. The number of carbonyl (C=O) groups is 1. The molecule has 0 bridgehead atoms. The fourth-order valence-corrected chi connectivity index (χ4v) is 4.20. The van der Waals surface area contributed by atoms with E-state index in [1.54, 1.807) is 0 Å². The number of hydrogen-bond acceptors (Lipinski definition) is 5. The molecule has 1 amide bonds. The number of piperidine rings is 1. The SMILES string of the molecule is CC1/C(=N/N=C2\NC(=O)CS2)CC(c2ccccc2)NC1c1ccccc1. The third-order valence-electron chi connectivity index (χ3n) is 5.04. The van der Waals surface area contributed by atoms with Crippen molar-refractivity contribution >= 4 is 28.5 Å². The molecule has 4 rings (SSSR count). The number of thioether (sulfide) groups is 1. The van der Waals surface area contributed by atoms with Gasteiger partial charge in [-0.15, -0.1) is 5.10 Å². The van der Waals surface area contributed by atoms with Gasteiger partial charge in [0.1, 0.15) is 0 Å². The fourth-order valence-electron chi connectivity index (χ4n) is 3.57. The summed E-state index contributed by atoms with van der Waals surface area (Å²) in [6.07, 6.45) is 0.796. The van der Waals surface area contributed by atoms with E-state index in [1.807, 2.05) is 12.1 Å². The molecule has 2 fully saturated rings. The average Bonchev–Trinajstić information content (AvgIpc) is 3.14. The van der Waals surface area contributed by atoms with Gasteiger partial charge in [0.25, 0.3) is 0 Å². The van der Waals surface area contributed by atoms with Gasteiger partial charge in [-0.3, -0.25) is 4.79 Å². The zero-order valence-electron chi connectivity index (χ0n) is 15.1. The Hall–Kier alpha value is -2.44. The van der Waals surface area contributed by atoms with Crippen molar-refractivity contribution in [2.75, 3.05) is 5.75 Å². The Kier molecular flexibility index (Phi) is 5.36. The minimum Gasteiger partial charge on any atom is -0.303 e. The van der Waals surface area contributed by atoms with Crippen molar-refractivity contribution < 1.29 is 4.79 Å². The average molecular weight is 379 g/mol. The number of benzene rings is 2. The number of carbonyl (C=O) groups excluding carboxylic acids is 1. The van der Waals surface area contributed by atoms with Crippen LogP contribution in [-0.4, -0.2) is 22.5 Å². The van der Waals surface area contributed by atoms with Crippen LogP contribution in [0.1, 0.15) is 36.6 Å². The number of amidine groups is 1. The van der Waals surface area contributed by atoms with E-state index in [1.165, 1.54) is 22.9 Å². The van der Waals surface area contributed by atoms with Crippen molar-refractivity contribution in [3.05, 3.63) is 71.8 Å². The summed E-state index contributed by atoms with van der Waals surface area (Å²) < 4.78 is 0. The second kappa shape index (κ2) is 8.06. The first kappa shape index (κ1) is 17.9. The van der Waals surface area contributed by atoms with Crippen molar-refractivity contribution in [2.45, 2.75) is 25.4 Å². The van der Waals surface area contributed by atoms with E-state index >= 15 is 0 Å². The molecule has 27 heavy (non-hydrogen) atoms. The lowest BCUT2D eigenvalue weighted by atomic mass is 9.81. The van der Waals surface area contributed by atoms with Crippen LogP contribution >= 0.6 is 11.8 Å². The van der Waals surface area contributed by atoms with Crippen LogP contribution in [0.5, 0.6) is 0 Å². The van der Waals surface area contributed by atoms with Crippen LogP contribution in [0, 0.1) is 5.92 Å². The smallest absolute Gasteiger partial charge is 0.236 e. The fraction of sp³-hybridized carbons (Fsp3) is 0.286. The molecule has 3 unspecified atom stereocenters. The predicted molar refractivity (Wildman–Crippen MR) is 111 cm³/mol. The van der Waals surface area contributed by atoms with Crippen LogP contribution in [0.15, 0.2) is 70.9 Å². The van der Waals surface area contributed by atoms with Gasteiger partial charge in [-0.2, -0.15) is 5.10 Å².